The van der Waals surface area contributed by atoms with Gasteiger partial charge in [0, 0.05) is 44.0 Å². The van der Waals surface area contributed by atoms with E-state index in [0.717, 1.165) is 28.9 Å². The van der Waals surface area contributed by atoms with Crippen LogP contribution in [-0.4, -0.2) is 95.1 Å². The van der Waals surface area contributed by atoms with Crippen molar-refractivity contribution < 1.29 is 17.9 Å². The second-order valence-corrected chi connectivity index (χ2v) is 10.0. The number of piperidine rings is 2. The quantitative estimate of drug-likeness (QED) is 0.732. The maximum absolute atomic E-state index is 14.6. The van der Waals surface area contributed by atoms with Gasteiger partial charge in [0.05, 0.1) is 24.4 Å². The van der Waals surface area contributed by atoms with Crippen LogP contribution in [0, 0.1) is 0 Å². The molecule has 2 fully saturated rings. The molecule has 11 heteroatoms. The second-order valence-electron chi connectivity index (χ2n) is 8.06. The summed E-state index contributed by atoms with van der Waals surface area (Å²) in [6.45, 7) is 1.58. The van der Waals surface area contributed by atoms with Crippen LogP contribution in [0.2, 0.25) is 0 Å². The lowest BCUT2D eigenvalue weighted by molar-refractivity contribution is 0.0395. The van der Waals surface area contributed by atoms with E-state index in [1.165, 1.54) is 0 Å². The number of nitrogens with one attached hydrogen (secondary N) is 1. The Kier molecular flexibility index (Phi) is 5.49. The van der Waals surface area contributed by atoms with E-state index in [2.05, 4.69) is 20.2 Å². The molecule has 0 radical (unpaired) electrons. The SMILES string of the molecule is CN1CC[C@H](n2ccc3cnc(N[C@@H]4CCN(S(C)(=O)=O)C[C@H]4F)nc32)[C@H](O)C1. The zero-order valence-corrected chi connectivity index (χ0v) is 17.4. The number of alkyl halides is 1. The number of likely N-dealkylation sites (tertiary alicyclic amines) is 1. The number of nitrogens with zero attached hydrogens (tertiary/aromatic N) is 5. The van der Waals surface area contributed by atoms with Gasteiger partial charge < -0.3 is 19.9 Å². The number of rotatable bonds is 4. The fraction of sp³-hybridized carbons (Fsp3) is 0.667. The number of β-amino-alcohol motifs (C(OH)–C–C–N with tert-alkyl or cyclic N) is 1. The van der Waals surface area contributed by atoms with Crippen LogP contribution in [0.3, 0.4) is 0 Å². The summed E-state index contributed by atoms with van der Waals surface area (Å²) in [5.41, 5.74) is 0.695. The number of aliphatic hydroxyl groups is 1. The van der Waals surface area contributed by atoms with Crippen molar-refractivity contribution in [1.82, 2.24) is 23.7 Å². The molecule has 2 saturated heterocycles. The molecule has 0 saturated carbocycles. The predicted molar refractivity (Wildman–Crippen MR) is 108 cm³/mol. The molecule has 0 aromatic carbocycles. The van der Waals surface area contributed by atoms with E-state index in [0.29, 0.717) is 24.6 Å². The second kappa shape index (κ2) is 7.78. The van der Waals surface area contributed by atoms with Gasteiger partial charge in [0.15, 0.2) is 0 Å². The number of hydrogen-bond donors (Lipinski definition) is 2. The lowest BCUT2D eigenvalue weighted by Gasteiger charge is -2.35. The Bertz CT molecular complexity index is 983. The third-order valence-electron chi connectivity index (χ3n) is 5.85. The van der Waals surface area contributed by atoms with Gasteiger partial charge in [-0.25, -0.2) is 17.8 Å². The van der Waals surface area contributed by atoms with Gasteiger partial charge in [0.1, 0.15) is 11.8 Å². The third-order valence-corrected chi connectivity index (χ3v) is 7.12. The molecule has 0 spiro atoms. The summed E-state index contributed by atoms with van der Waals surface area (Å²) in [6.07, 6.45) is 3.99. The van der Waals surface area contributed by atoms with Gasteiger partial charge in [-0.3, -0.25) is 0 Å². The van der Waals surface area contributed by atoms with E-state index in [1.54, 1.807) is 6.20 Å². The Morgan fingerprint density at radius 3 is 2.76 bits per heavy atom. The third kappa shape index (κ3) is 4.23. The average molecular weight is 427 g/mol. The standard InChI is InChI=1S/C18H27FN6O3S/c1-23-6-5-15(16(26)11-23)25-8-3-12-9-20-18(22-17(12)25)21-14-4-7-24(10-13(14)19)29(2,27)28/h3,8-9,13-16,26H,4-7,10-11H2,1-2H3,(H,20,21,22)/t13-,14-,15+,16-/m1/s1. The molecule has 0 amide bonds. The number of aliphatic hydroxyl groups excluding tert-OH is 1. The molecule has 29 heavy (non-hydrogen) atoms. The Morgan fingerprint density at radius 1 is 1.28 bits per heavy atom. The normalized spacial score (nSPS) is 29.9. The Hall–Kier alpha value is -1.82. The van der Waals surface area contributed by atoms with Crippen molar-refractivity contribution in [2.45, 2.75) is 37.2 Å². The highest BCUT2D eigenvalue weighted by molar-refractivity contribution is 7.88. The largest absolute Gasteiger partial charge is 0.390 e. The highest BCUT2D eigenvalue weighted by Gasteiger charge is 2.34. The smallest absolute Gasteiger partial charge is 0.224 e. The molecule has 2 aromatic rings. The van der Waals surface area contributed by atoms with Gasteiger partial charge in [0.2, 0.25) is 16.0 Å². The van der Waals surface area contributed by atoms with Crippen molar-refractivity contribution in [3.8, 4) is 0 Å². The Morgan fingerprint density at radius 2 is 2.07 bits per heavy atom. The van der Waals surface area contributed by atoms with Gasteiger partial charge in [-0.05, 0) is 26.0 Å². The van der Waals surface area contributed by atoms with Crippen LogP contribution >= 0.6 is 0 Å². The molecule has 4 rings (SSSR count). The van der Waals surface area contributed by atoms with Crippen molar-refractivity contribution in [3.63, 3.8) is 0 Å². The zero-order chi connectivity index (χ0) is 20.8. The lowest BCUT2D eigenvalue weighted by atomic mass is 10.0. The van der Waals surface area contributed by atoms with Crippen molar-refractivity contribution in [3.05, 3.63) is 18.5 Å². The van der Waals surface area contributed by atoms with Crippen LogP contribution in [0.25, 0.3) is 11.0 Å². The fourth-order valence-electron chi connectivity index (χ4n) is 4.18. The van der Waals surface area contributed by atoms with Crippen molar-refractivity contribution in [2.75, 3.05) is 44.8 Å². The summed E-state index contributed by atoms with van der Waals surface area (Å²) in [5.74, 6) is 0.306. The number of likely N-dealkylation sites (N-methyl/N-ethyl adjacent to an activating group) is 1. The first-order chi connectivity index (χ1) is 13.7. The number of sulfonamides is 1. The van der Waals surface area contributed by atoms with E-state index in [-0.39, 0.29) is 19.1 Å². The molecular formula is C18H27FN6O3S. The van der Waals surface area contributed by atoms with Gasteiger partial charge >= 0.3 is 0 Å². The lowest BCUT2D eigenvalue weighted by Crippen LogP contribution is -2.49. The van der Waals surface area contributed by atoms with Gasteiger partial charge in [-0.15, -0.1) is 0 Å². The summed E-state index contributed by atoms with van der Waals surface area (Å²) in [7, 11) is -1.41. The predicted octanol–water partition coefficient (Wildman–Crippen LogP) is 0.453. The van der Waals surface area contributed by atoms with Crippen molar-refractivity contribution in [2.24, 2.45) is 0 Å². The summed E-state index contributed by atoms with van der Waals surface area (Å²) >= 11 is 0. The minimum absolute atomic E-state index is 0.0710. The Labute approximate surface area is 169 Å². The van der Waals surface area contributed by atoms with E-state index in [9.17, 15) is 17.9 Å². The maximum atomic E-state index is 14.6. The molecule has 9 nitrogen and oxygen atoms in total. The molecule has 0 unspecified atom stereocenters. The minimum Gasteiger partial charge on any atom is -0.390 e. The van der Waals surface area contributed by atoms with Crippen LogP contribution < -0.4 is 5.32 Å². The monoisotopic (exact) mass is 426 g/mol. The minimum atomic E-state index is -3.40. The number of aromatic nitrogens is 3. The summed E-state index contributed by atoms with van der Waals surface area (Å²) in [4.78, 5) is 11.0. The topological polar surface area (TPSA) is 104 Å². The van der Waals surface area contributed by atoms with Gasteiger partial charge in [-0.2, -0.15) is 9.29 Å². The maximum Gasteiger partial charge on any atom is 0.224 e. The summed E-state index contributed by atoms with van der Waals surface area (Å²) in [5, 5.41) is 14.4. The van der Waals surface area contributed by atoms with Crippen molar-refractivity contribution >= 4 is 27.0 Å². The number of anilines is 1. The van der Waals surface area contributed by atoms with Crippen LogP contribution in [0.5, 0.6) is 0 Å². The van der Waals surface area contributed by atoms with Crippen LogP contribution in [0.4, 0.5) is 10.3 Å². The van der Waals surface area contributed by atoms with Crippen molar-refractivity contribution in [1.29, 1.82) is 0 Å². The molecule has 2 aromatic heterocycles. The van der Waals surface area contributed by atoms with Crippen LogP contribution in [0.1, 0.15) is 18.9 Å². The highest BCUT2D eigenvalue weighted by Crippen LogP contribution is 2.27. The van der Waals surface area contributed by atoms with E-state index >= 15 is 0 Å². The molecule has 2 N–H and O–H groups in total. The highest BCUT2D eigenvalue weighted by atomic mass is 32.2. The molecule has 4 heterocycles. The molecule has 0 aliphatic carbocycles. The van der Waals surface area contributed by atoms with E-state index < -0.39 is 28.3 Å². The molecular weight excluding hydrogens is 399 g/mol. The van der Waals surface area contributed by atoms with Crippen LogP contribution in [-0.2, 0) is 10.0 Å². The van der Waals surface area contributed by atoms with E-state index in [4.69, 9.17) is 0 Å². The zero-order valence-electron chi connectivity index (χ0n) is 16.6. The Balaban J connectivity index is 1.52. The first-order valence-electron chi connectivity index (χ1n) is 9.78. The van der Waals surface area contributed by atoms with Gasteiger partial charge in [-0.1, -0.05) is 0 Å². The van der Waals surface area contributed by atoms with Crippen LogP contribution in [0.15, 0.2) is 18.5 Å². The number of fused-ring (bicyclic) bond motifs is 1. The molecule has 160 valence electrons. The molecule has 0 bridgehead atoms. The first kappa shape index (κ1) is 20.5. The van der Waals surface area contributed by atoms with E-state index in [1.807, 2.05) is 23.9 Å². The molecule has 2 aliphatic heterocycles. The number of hydrogen-bond acceptors (Lipinski definition) is 7. The molecule has 4 atom stereocenters. The fourth-order valence-corrected chi connectivity index (χ4v) is 5.03. The van der Waals surface area contributed by atoms with Gasteiger partial charge in [0.25, 0.3) is 0 Å². The summed E-state index contributed by atoms with van der Waals surface area (Å²) in [6, 6.07) is 1.29. The average Bonchev–Trinajstić information content (AvgIpc) is 3.05. The number of halogens is 1. The molecule has 2 aliphatic rings. The first-order valence-corrected chi connectivity index (χ1v) is 11.6. The summed E-state index contributed by atoms with van der Waals surface area (Å²) < 4.78 is 41.0.